The molecule has 1 aliphatic rings. The van der Waals surface area contributed by atoms with E-state index < -0.39 is 21.9 Å². The minimum Gasteiger partial charge on any atom is -0.481 e. The molecule has 1 fully saturated rings. The highest BCUT2D eigenvalue weighted by Crippen LogP contribution is 2.40. The minimum absolute atomic E-state index is 0.0216. The van der Waals surface area contributed by atoms with Crippen LogP contribution in [-0.2, 0) is 14.8 Å². The molecule has 1 N–H and O–H groups in total. The molecule has 5 nitrogen and oxygen atoms in total. The number of piperidine rings is 1. The number of hydrogen-bond acceptors (Lipinski definition) is 3. The van der Waals surface area contributed by atoms with Crippen molar-refractivity contribution in [3.8, 4) is 0 Å². The molecule has 3 rings (SSSR count). The van der Waals surface area contributed by atoms with E-state index >= 15 is 0 Å². The fraction of sp³-hybridized carbons (Fsp3) is 0.350. The van der Waals surface area contributed by atoms with Gasteiger partial charge in [-0.3, -0.25) is 4.79 Å². The number of sulfonamides is 1. The summed E-state index contributed by atoms with van der Waals surface area (Å²) in [5.41, 5.74) is 1.86. The number of nitrogens with zero attached hydrogens (tertiary/aromatic N) is 1. The molecule has 0 aromatic heterocycles. The first-order valence-corrected chi connectivity index (χ1v) is 10.1. The molecule has 0 spiro atoms. The highest BCUT2D eigenvalue weighted by Gasteiger charge is 2.43. The lowest BCUT2D eigenvalue weighted by molar-refractivity contribution is -0.145. The van der Waals surface area contributed by atoms with E-state index in [1.54, 1.807) is 24.3 Å². The lowest BCUT2D eigenvalue weighted by Crippen LogP contribution is -2.47. The van der Waals surface area contributed by atoms with Crippen LogP contribution >= 0.6 is 0 Å². The number of carbonyl (C=O) groups is 1. The van der Waals surface area contributed by atoms with Crippen LogP contribution in [0, 0.1) is 18.8 Å². The molecule has 0 amide bonds. The van der Waals surface area contributed by atoms with Crippen molar-refractivity contribution in [2.45, 2.75) is 31.2 Å². The van der Waals surface area contributed by atoms with Gasteiger partial charge in [0.15, 0.2) is 0 Å². The van der Waals surface area contributed by atoms with Gasteiger partial charge in [0.2, 0.25) is 10.0 Å². The molecule has 0 aliphatic carbocycles. The molecule has 1 heterocycles. The van der Waals surface area contributed by atoms with Crippen molar-refractivity contribution in [2.24, 2.45) is 11.8 Å². The number of aryl methyl sites for hydroxylation is 1. The van der Waals surface area contributed by atoms with Gasteiger partial charge in [-0.1, -0.05) is 55.0 Å². The van der Waals surface area contributed by atoms with Gasteiger partial charge in [0.1, 0.15) is 0 Å². The van der Waals surface area contributed by atoms with E-state index in [1.165, 1.54) is 4.31 Å². The van der Waals surface area contributed by atoms with Crippen molar-refractivity contribution in [3.63, 3.8) is 0 Å². The summed E-state index contributed by atoms with van der Waals surface area (Å²) in [6.07, 6.45) is 0.478. The molecule has 26 heavy (non-hydrogen) atoms. The van der Waals surface area contributed by atoms with Crippen molar-refractivity contribution in [1.29, 1.82) is 0 Å². The van der Waals surface area contributed by atoms with Gasteiger partial charge in [-0.25, -0.2) is 8.42 Å². The van der Waals surface area contributed by atoms with Crippen LogP contribution in [-0.4, -0.2) is 30.3 Å². The van der Waals surface area contributed by atoms with E-state index in [2.05, 4.69) is 0 Å². The maximum Gasteiger partial charge on any atom is 0.308 e. The van der Waals surface area contributed by atoms with Crippen molar-refractivity contribution < 1.29 is 18.3 Å². The quantitative estimate of drug-likeness (QED) is 0.890. The first-order valence-electron chi connectivity index (χ1n) is 8.67. The Hall–Kier alpha value is -2.18. The van der Waals surface area contributed by atoms with E-state index in [4.69, 9.17) is 0 Å². The first-order chi connectivity index (χ1) is 12.3. The summed E-state index contributed by atoms with van der Waals surface area (Å²) in [6.45, 7) is 3.75. The Balaban J connectivity index is 2.05. The Morgan fingerprint density at radius 1 is 1.08 bits per heavy atom. The van der Waals surface area contributed by atoms with Crippen LogP contribution in [0.5, 0.6) is 0 Å². The Kier molecular flexibility index (Phi) is 5.16. The lowest BCUT2D eigenvalue weighted by Gasteiger charge is -2.41. The van der Waals surface area contributed by atoms with Crippen molar-refractivity contribution in [2.75, 3.05) is 6.54 Å². The summed E-state index contributed by atoms with van der Waals surface area (Å²) < 4.78 is 27.9. The Labute approximate surface area is 154 Å². The van der Waals surface area contributed by atoms with Gasteiger partial charge >= 0.3 is 5.97 Å². The number of aliphatic carboxylic acids is 1. The molecule has 2 aromatic rings. The van der Waals surface area contributed by atoms with Gasteiger partial charge in [-0.2, -0.15) is 4.31 Å². The van der Waals surface area contributed by atoms with Gasteiger partial charge in [0.05, 0.1) is 16.9 Å². The zero-order valence-corrected chi connectivity index (χ0v) is 15.7. The van der Waals surface area contributed by atoms with Gasteiger partial charge in [-0.15, -0.1) is 0 Å². The predicted octanol–water partition coefficient (Wildman–Crippen LogP) is 3.47. The van der Waals surface area contributed by atoms with Crippen LogP contribution in [0.25, 0.3) is 0 Å². The highest BCUT2D eigenvalue weighted by atomic mass is 32.2. The monoisotopic (exact) mass is 373 g/mol. The average molecular weight is 373 g/mol. The standard InChI is InChI=1S/C20H23NO4S/c1-14-8-10-17(11-9-14)26(24,25)21-13-18(20(22)23)15(2)12-19(21)16-6-4-3-5-7-16/h3-11,15,18-19H,12-13H2,1-2H3,(H,22,23)/t15-,18-,19+/m0/s1. The van der Waals surface area contributed by atoms with Crippen LogP contribution in [0.2, 0.25) is 0 Å². The fourth-order valence-electron chi connectivity index (χ4n) is 3.55. The third kappa shape index (κ3) is 3.52. The van der Waals surface area contributed by atoms with E-state index in [1.807, 2.05) is 44.2 Å². The molecular formula is C20H23NO4S. The molecular weight excluding hydrogens is 350 g/mol. The number of rotatable bonds is 4. The second-order valence-electron chi connectivity index (χ2n) is 6.97. The summed E-state index contributed by atoms with van der Waals surface area (Å²) in [6, 6.07) is 15.7. The SMILES string of the molecule is Cc1ccc(S(=O)(=O)N2C[C@H](C(=O)O)[C@@H](C)C[C@@H]2c2ccccc2)cc1. The van der Waals surface area contributed by atoms with Gasteiger partial charge < -0.3 is 5.11 Å². The molecule has 0 radical (unpaired) electrons. The summed E-state index contributed by atoms with van der Waals surface area (Å²) >= 11 is 0. The topological polar surface area (TPSA) is 74.7 Å². The van der Waals surface area contributed by atoms with Gasteiger partial charge in [0, 0.05) is 6.54 Å². The second-order valence-corrected chi connectivity index (χ2v) is 8.86. The summed E-state index contributed by atoms with van der Waals surface area (Å²) in [7, 11) is -3.80. The normalized spacial score (nSPS) is 24.3. The number of hydrogen-bond donors (Lipinski definition) is 1. The summed E-state index contributed by atoms with van der Waals surface area (Å²) in [4.78, 5) is 11.8. The first kappa shape index (κ1) is 18.6. The van der Waals surface area contributed by atoms with Crippen molar-refractivity contribution in [1.82, 2.24) is 4.31 Å². The van der Waals surface area contributed by atoms with E-state index in [9.17, 15) is 18.3 Å². The predicted molar refractivity (Wildman–Crippen MR) is 99.2 cm³/mol. The van der Waals surface area contributed by atoms with Crippen molar-refractivity contribution in [3.05, 3.63) is 65.7 Å². The number of carboxylic acid groups (broad SMARTS) is 1. The Bertz CT molecular complexity index is 878. The van der Waals surface area contributed by atoms with Crippen molar-refractivity contribution >= 4 is 16.0 Å². The van der Waals surface area contributed by atoms with Crippen LogP contribution in [0.1, 0.15) is 30.5 Å². The molecule has 1 aliphatic heterocycles. The largest absolute Gasteiger partial charge is 0.481 e. The molecule has 3 atom stereocenters. The van der Waals surface area contributed by atoms with E-state index in [0.717, 1.165) is 11.1 Å². The summed E-state index contributed by atoms with van der Waals surface area (Å²) in [5.74, 6) is -1.77. The van der Waals surface area contributed by atoms with E-state index in [-0.39, 0.29) is 23.4 Å². The zero-order chi connectivity index (χ0) is 18.9. The molecule has 138 valence electrons. The zero-order valence-electron chi connectivity index (χ0n) is 14.9. The number of benzene rings is 2. The Morgan fingerprint density at radius 2 is 1.69 bits per heavy atom. The minimum atomic E-state index is -3.80. The van der Waals surface area contributed by atoms with E-state index in [0.29, 0.717) is 6.42 Å². The lowest BCUT2D eigenvalue weighted by atomic mass is 9.82. The molecule has 2 aromatic carbocycles. The molecule has 0 unspecified atom stereocenters. The maximum absolute atomic E-state index is 13.3. The second kappa shape index (κ2) is 7.21. The van der Waals surface area contributed by atoms with Crippen LogP contribution in [0.3, 0.4) is 0 Å². The molecule has 0 bridgehead atoms. The highest BCUT2D eigenvalue weighted by molar-refractivity contribution is 7.89. The number of carboxylic acids is 1. The van der Waals surface area contributed by atoms with Crippen LogP contribution < -0.4 is 0 Å². The Morgan fingerprint density at radius 3 is 2.27 bits per heavy atom. The molecule has 6 heteroatoms. The van der Waals surface area contributed by atoms with Gasteiger partial charge in [-0.05, 0) is 37.0 Å². The summed E-state index contributed by atoms with van der Waals surface area (Å²) in [5, 5.41) is 9.53. The third-order valence-corrected chi connectivity index (χ3v) is 7.02. The fourth-order valence-corrected chi connectivity index (χ4v) is 5.20. The maximum atomic E-state index is 13.3. The van der Waals surface area contributed by atoms with Crippen LogP contribution in [0.15, 0.2) is 59.5 Å². The average Bonchev–Trinajstić information content (AvgIpc) is 2.62. The smallest absolute Gasteiger partial charge is 0.308 e. The van der Waals surface area contributed by atoms with Crippen LogP contribution in [0.4, 0.5) is 0 Å². The molecule has 1 saturated heterocycles. The molecule has 0 saturated carbocycles. The van der Waals surface area contributed by atoms with Gasteiger partial charge in [0.25, 0.3) is 0 Å². The third-order valence-electron chi connectivity index (χ3n) is 5.14.